The second kappa shape index (κ2) is 9.86. The van der Waals surface area contributed by atoms with Crippen molar-refractivity contribution in [3.63, 3.8) is 0 Å². The lowest BCUT2D eigenvalue weighted by Gasteiger charge is -2.12. The first-order valence-corrected chi connectivity index (χ1v) is 8.69. The van der Waals surface area contributed by atoms with E-state index in [1.807, 2.05) is 0 Å². The molecule has 0 aliphatic carbocycles. The Kier molecular flexibility index (Phi) is 6.75. The van der Waals surface area contributed by atoms with Crippen LogP contribution in [-0.4, -0.2) is 34.7 Å². The Balaban J connectivity index is 1.84. The summed E-state index contributed by atoms with van der Waals surface area (Å²) in [5, 5.41) is 2.92. The first kappa shape index (κ1) is 19.8. The molecule has 1 aromatic carbocycles. The Hall–Kier alpha value is -3.91. The third-order valence-corrected chi connectivity index (χ3v) is 3.76. The Bertz CT molecular complexity index is 994. The molecular formula is C21H17N3O5. The number of nitrogens with one attached hydrogen (secondary N) is 1. The summed E-state index contributed by atoms with van der Waals surface area (Å²) in [5.74, 6) is -1.13. The molecule has 0 spiro atoms. The summed E-state index contributed by atoms with van der Waals surface area (Å²) in [6, 6.07) is 11.1. The fourth-order valence-electron chi connectivity index (χ4n) is 2.39. The molecule has 0 saturated carbocycles. The van der Waals surface area contributed by atoms with Gasteiger partial charge in [0, 0.05) is 31.3 Å². The smallest absolute Gasteiger partial charge is 0.345 e. The number of nitrogens with zero attached hydrogens (tertiary/aromatic N) is 2. The molecule has 0 bridgehead atoms. The molecule has 1 N–H and O–H groups in total. The summed E-state index contributed by atoms with van der Waals surface area (Å²) < 4.78 is 10.8. The average molecular weight is 391 g/mol. The van der Waals surface area contributed by atoms with Crippen LogP contribution < -0.4 is 14.8 Å². The number of benzene rings is 1. The highest BCUT2D eigenvalue weighted by Crippen LogP contribution is 2.30. The number of aldehydes is 1. The SMILES string of the molecule is O=CCNCc1ccc(OC(=O)c2cccnc2)c(OC(=O)c2cccnc2)c1. The van der Waals surface area contributed by atoms with E-state index in [9.17, 15) is 14.4 Å². The number of hydrogen-bond donors (Lipinski definition) is 1. The van der Waals surface area contributed by atoms with Crippen molar-refractivity contribution in [1.29, 1.82) is 0 Å². The van der Waals surface area contributed by atoms with Gasteiger partial charge in [0.1, 0.15) is 6.29 Å². The van der Waals surface area contributed by atoms with Crippen molar-refractivity contribution in [3.05, 3.63) is 83.9 Å². The number of carbonyl (C=O) groups excluding carboxylic acids is 3. The molecule has 8 heteroatoms. The van der Waals surface area contributed by atoms with Crippen molar-refractivity contribution < 1.29 is 23.9 Å². The van der Waals surface area contributed by atoms with Gasteiger partial charge in [-0.15, -0.1) is 0 Å². The molecule has 2 aromatic heterocycles. The highest BCUT2D eigenvalue weighted by Gasteiger charge is 2.17. The first-order chi connectivity index (χ1) is 14.2. The van der Waals surface area contributed by atoms with Gasteiger partial charge in [-0.2, -0.15) is 0 Å². The minimum absolute atomic E-state index is 0.0708. The van der Waals surface area contributed by atoms with Crippen LogP contribution in [0.4, 0.5) is 0 Å². The maximum atomic E-state index is 12.4. The van der Waals surface area contributed by atoms with E-state index in [0.717, 1.165) is 11.8 Å². The Morgan fingerprint density at radius 3 is 2.07 bits per heavy atom. The third-order valence-electron chi connectivity index (χ3n) is 3.76. The van der Waals surface area contributed by atoms with Crippen LogP contribution in [0.1, 0.15) is 26.3 Å². The van der Waals surface area contributed by atoms with Crippen LogP contribution in [0.5, 0.6) is 11.5 Å². The van der Waals surface area contributed by atoms with Gasteiger partial charge in [0.05, 0.1) is 17.7 Å². The molecule has 0 radical (unpaired) electrons. The number of hydrogen-bond acceptors (Lipinski definition) is 8. The minimum atomic E-state index is -0.644. The van der Waals surface area contributed by atoms with E-state index in [2.05, 4.69) is 15.3 Å². The lowest BCUT2D eigenvalue weighted by molar-refractivity contribution is -0.107. The molecule has 0 aliphatic rings. The van der Waals surface area contributed by atoms with Crippen LogP contribution in [0.15, 0.2) is 67.3 Å². The maximum absolute atomic E-state index is 12.4. The fourth-order valence-corrected chi connectivity index (χ4v) is 2.39. The topological polar surface area (TPSA) is 107 Å². The number of pyridine rings is 2. The standard InChI is InChI=1S/C21H17N3O5/c25-10-9-24-12-15-5-6-18(28-20(26)16-3-1-7-22-13-16)19(11-15)29-21(27)17-4-2-8-23-14-17/h1-8,10-11,13-14,24H,9,12H2. The minimum Gasteiger partial charge on any atom is -0.419 e. The van der Waals surface area contributed by atoms with E-state index in [1.165, 1.54) is 24.7 Å². The van der Waals surface area contributed by atoms with E-state index in [-0.39, 0.29) is 29.2 Å². The fraction of sp³-hybridized carbons (Fsp3) is 0.0952. The summed E-state index contributed by atoms with van der Waals surface area (Å²) in [7, 11) is 0. The largest absolute Gasteiger partial charge is 0.419 e. The summed E-state index contributed by atoms with van der Waals surface area (Å²) >= 11 is 0. The van der Waals surface area contributed by atoms with Gasteiger partial charge in [0.15, 0.2) is 11.5 Å². The highest BCUT2D eigenvalue weighted by atomic mass is 16.6. The second-order valence-electron chi connectivity index (χ2n) is 5.84. The highest BCUT2D eigenvalue weighted by molar-refractivity contribution is 5.92. The number of carbonyl (C=O) groups is 3. The van der Waals surface area contributed by atoms with Gasteiger partial charge in [0.25, 0.3) is 0 Å². The molecule has 2 heterocycles. The predicted octanol–water partition coefficient (Wildman–Crippen LogP) is 2.20. The van der Waals surface area contributed by atoms with Gasteiger partial charge < -0.3 is 19.6 Å². The normalized spacial score (nSPS) is 10.2. The average Bonchev–Trinajstić information content (AvgIpc) is 2.76. The van der Waals surface area contributed by atoms with Crippen LogP contribution in [0.2, 0.25) is 0 Å². The molecule has 29 heavy (non-hydrogen) atoms. The molecule has 0 amide bonds. The van der Waals surface area contributed by atoms with Crippen LogP contribution >= 0.6 is 0 Å². The quantitative estimate of drug-likeness (QED) is 0.270. The van der Waals surface area contributed by atoms with Crippen molar-refractivity contribution in [2.45, 2.75) is 6.54 Å². The van der Waals surface area contributed by atoms with Crippen molar-refractivity contribution in [2.24, 2.45) is 0 Å². The molecule has 0 unspecified atom stereocenters. The molecule has 0 fully saturated rings. The van der Waals surface area contributed by atoms with Crippen LogP contribution in [-0.2, 0) is 11.3 Å². The lowest BCUT2D eigenvalue weighted by Crippen LogP contribution is -2.16. The zero-order valence-corrected chi connectivity index (χ0v) is 15.3. The summed E-state index contributed by atoms with van der Waals surface area (Å²) in [5.41, 5.74) is 1.25. The van der Waals surface area contributed by atoms with Crippen LogP contribution in [0.3, 0.4) is 0 Å². The molecule has 0 saturated heterocycles. The summed E-state index contributed by atoms with van der Waals surface area (Å²) in [4.78, 5) is 43.0. The number of ether oxygens (including phenoxy) is 2. The Morgan fingerprint density at radius 2 is 1.52 bits per heavy atom. The van der Waals surface area contributed by atoms with E-state index in [1.54, 1.807) is 42.6 Å². The van der Waals surface area contributed by atoms with Crippen molar-refractivity contribution in [1.82, 2.24) is 15.3 Å². The van der Waals surface area contributed by atoms with Gasteiger partial charge in [-0.3, -0.25) is 9.97 Å². The summed E-state index contributed by atoms with van der Waals surface area (Å²) in [6.07, 6.45) is 6.57. The van der Waals surface area contributed by atoms with Gasteiger partial charge >= 0.3 is 11.9 Å². The number of rotatable bonds is 8. The Labute approximate surface area is 166 Å². The zero-order chi connectivity index (χ0) is 20.5. The summed E-state index contributed by atoms with van der Waals surface area (Å²) in [6.45, 7) is 0.551. The molecule has 0 aliphatic heterocycles. The molecule has 146 valence electrons. The van der Waals surface area contributed by atoms with Crippen LogP contribution in [0, 0.1) is 0 Å². The monoisotopic (exact) mass is 391 g/mol. The van der Waals surface area contributed by atoms with Gasteiger partial charge in [-0.1, -0.05) is 6.07 Å². The van der Waals surface area contributed by atoms with Crippen molar-refractivity contribution >= 4 is 18.2 Å². The van der Waals surface area contributed by atoms with Crippen molar-refractivity contribution in [2.75, 3.05) is 6.54 Å². The second-order valence-corrected chi connectivity index (χ2v) is 5.84. The lowest BCUT2D eigenvalue weighted by atomic mass is 10.2. The van der Waals surface area contributed by atoms with Crippen molar-refractivity contribution in [3.8, 4) is 11.5 Å². The molecule has 3 rings (SSSR count). The first-order valence-electron chi connectivity index (χ1n) is 8.69. The molecule has 8 nitrogen and oxygen atoms in total. The van der Waals surface area contributed by atoms with Crippen LogP contribution in [0.25, 0.3) is 0 Å². The maximum Gasteiger partial charge on any atom is 0.345 e. The number of aromatic nitrogens is 2. The zero-order valence-electron chi connectivity index (χ0n) is 15.3. The molecule has 0 atom stereocenters. The van der Waals surface area contributed by atoms with E-state index >= 15 is 0 Å². The van der Waals surface area contributed by atoms with E-state index in [0.29, 0.717) is 6.54 Å². The Morgan fingerprint density at radius 1 is 0.897 bits per heavy atom. The van der Waals surface area contributed by atoms with E-state index < -0.39 is 11.9 Å². The van der Waals surface area contributed by atoms with Gasteiger partial charge in [0.2, 0.25) is 0 Å². The van der Waals surface area contributed by atoms with Gasteiger partial charge in [-0.05, 0) is 42.0 Å². The van der Waals surface area contributed by atoms with Gasteiger partial charge in [-0.25, -0.2) is 9.59 Å². The third kappa shape index (κ3) is 5.53. The molecule has 3 aromatic rings. The van der Waals surface area contributed by atoms with E-state index in [4.69, 9.17) is 9.47 Å². The number of esters is 2. The molecular weight excluding hydrogens is 374 g/mol. The predicted molar refractivity (Wildman–Crippen MR) is 103 cm³/mol.